The summed E-state index contributed by atoms with van der Waals surface area (Å²) >= 11 is 6.12. The second-order valence-corrected chi connectivity index (χ2v) is 4.71. The van der Waals surface area contributed by atoms with Crippen molar-refractivity contribution in [3.05, 3.63) is 64.3 Å². The minimum Gasteiger partial charge on any atom is -0.488 e. The molecule has 2 aromatic carbocycles. The molecule has 0 aliphatic heterocycles. The van der Waals surface area contributed by atoms with Gasteiger partial charge >= 0.3 is 0 Å². The SMILES string of the molecule is C=CCOc1cc2oc3ccccc3c(=O)c2cc1Cl. The van der Waals surface area contributed by atoms with Crippen LogP contribution in [0.3, 0.4) is 0 Å². The highest BCUT2D eigenvalue weighted by molar-refractivity contribution is 6.32. The molecule has 0 aliphatic carbocycles. The molecule has 0 atom stereocenters. The maximum absolute atomic E-state index is 12.4. The smallest absolute Gasteiger partial charge is 0.200 e. The quantitative estimate of drug-likeness (QED) is 0.536. The predicted octanol–water partition coefficient (Wildman–Crippen LogP) is 4.16. The molecule has 0 amide bonds. The van der Waals surface area contributed by atoms with Crippen LogP contribution in [-0.4, -0.2) is 6.61 Å². The summed E-state index contributed by atoms with van der Waals surface area (Å²) in [7, 11) is 0. The molecule has 1 heterocycles. The Morgan fingerprint density at radius 2 is 2.00 bits per heavy atom. The average molecular weight is 287 g/mol. The van der Waals surface area contributed by atoms with E-state index in [1.165, 1.54) is 0 Å². The second kappa shape index (κ2) is 5.02. The van der Waals surface area contributed by atoms with Gasteiger partial charge in [0.1, 0.15) is 23.5 Å². The minimum atomic E-state index is -0.0981. The fourth-order valence-corrected chi connectivity index (χ4v) is 2.28. The van der Waals surface area contributed by atoms with Crippen molar-refractivity contribution < 1.29 is 9.15 Å². The Morgan fingerprint density at radius 1 is 1.20 bits per heavy atom. The van der Waals surface area contributed by atoms with E-state index in [1.54, 1.807) is 36.4 Å². The minimum absolute atomic E-state index is 0.0981. The van der Waals surface area contributed by atoms with Gasteiger partial charge in [0.05, 0.1) is 15.8 Å². The van der Waals surface area contributed by atoms with E-state index in [0.717, 1.165) is 0 Å². The van der Waals surface area contributed by atoms with Crippen molar-refractivity contribution in [2.24, 2.45) is 0 Å². The van der Waals surface area contributed by atoms with E-state index in [1.807, 2.05) is 6.07 Å². The maximum Gasteiger partial charge on any atom is 0.200 e. The number of benzene rings is 2. The van der Waals surface area contributed by atoms with Crippen LogP contribution in [0.15, 0.2) is 58.3 Å². The highest BCUT2D eigenvalue weighted by Gasteiger charge is 2.11. The third-order valence-electron chi connectivity index (χ3n) is 2.99. The fourth-order valence-electron chi connectivity index (χ4n) is 2.06. The first kappa shape index (κ1) is 12.8. The summed E-state index contributed by atoms with van der Waals surface area (Å²) in [5.41, 5.74) is 0.901. The number of rotatable bonds is 3. The zero-order chi connectivity index (χ0) is 14.1. The second-order valence-electron chi connectivity index (χ2n) is 4.31. The van der Waals surface area contributed by atoms with E-state index in [2.05, 4.69) is 6.58 Å². The van der Waals surface area contributed by atoms with Gasteiger partial charge in [-0.2, -0.15) is 0 Å². The zero-order valence-electron chi connectivity index (χ0n) is 10.6. The predicted molar refractivity (Wildman–Crippen MR) is 80.7 cm³/mol. The lowest BCUT2D eigenvalue weighted by Gasteiger charge is -2.07. The largest absolute Gasteiger partial charge is 0.488 e. The molecule has 0 N–H and O–H groups in total. The van der Waals surface area contributed by atoms with Gasteiger partial charge in [0.15, 0.2) is 0 Å². The molecule has 0 spiro atoms. The number of hydrogen-bond acceptors (Lipinski definition) is 3. The number of fused-ring (bicyclic) bond motifs is 2. The third kappa shape index (κ3) is 2.06. The molecule has 0 fully saturated rings. The van der Waals surface area contributed by atoms with Gasteiger partial charge in [-0.15, -0.1) is 0 Å². The van der Waals surface area contributed by atoms with Crippen LogP contribution in [0.25, 0.3) is 21.9 Å². The van der Waals surface area contributed by atoms with Crippen molar-refractivity contribution in [1.82, 2.24) is 0 Å². The maximum atomic E-state index is 12.4. The summed E-state index contributed by atoms with van der Waals surface area (Å²) < 4.78 is 11.2. The van der Waals surface area contributed by atoms with Gasteiger partial charge in [0, 0.05) is 6.07 Å². The normalized spacial score (nSPS) is 10.8. The van der Waals surface area contributed by atoms with Crippen LogP contribution in [0.5, 0.6) is 5.75 Å². The standard InChI is InChI=1S/C16H11ClO3/c1-2-7-19-15-9-14-11(8-12(15)17)16(18)10-5-3-4-6-13(10)20-14/h2-6,8-9H,1,7H2. The fraction of sp³-hybridized carbons (Fsp3) is 0.0625. The number of para-hydroxylation sites is 1. The molecule has 3 nitrogen and oxygen atoms in total. The van der Waals surface area contributed by atoms with Gasteiger partial charge in [-0.3, -0.25) is 4.79 Å². The van der Waals surface area contributed by atoms with Crippen molar-refractivity contribution in [1.29, 1.82) is 0 Å². The monoisotopic (exact) mass is 286 g/mol. The van der Waals surface area contributed by atoms with Crippen LogP contribution in [0, 0.1) is 0 Å². The lowest BCUT2D eigenvalue weighted by atomic mass is 10.1. The van der Waals surface area contributed by atoms with E-state index in [0.29, 0.717) is 39.3 Å². The Hall–Kier alpha value is -2.26. The molecule has 3 aromatic rings. The van der Waals surface area contributed by atoms with Crippen LogP contribution >= 0.6 is 11.6 Å². The van der Waals surface area contributed by atoms with Crippen LogP contribution in [0.4, 0.5) is 0 Å². The molecule has 20 heavy (non-hydrogen) atoms. The van der Waals surface area contributed by atoms with E-state index in [9.17, 15) is 4.79 Å². The molecular formula is C16H11ClO3. The van der Waals surface area contributed by atoms with Crippen molar-refractivity contribution in [3.8, 4) is 5.75 Å². The Kier molecular flexibility index (Phi) is 3.20. The summed E-state index contributed by atoms with van der Waals surface area (Å²) in [5, 5.41) is 1.36. The molecule has 0 saturated heterocycles. The van der Waals surface area contributed by atoms with Gasteiger partial charge in [-0.1, -0.05) is 36.4 Å². The Morgan fingerprint density at radius 3 is 2.80 bits per heavy atom. The number of ether oxygens (including phenoxy) is 1. The first-order chi connectivity index (χ1) is 9.70. The summed E-state index contributed by atoms with van der Waals surface area (Å²) in [6.45, 7) is 3.92. The summed E-state index contributed by atoms with van der Waals surface area (Å²) in [5.74, 6) is 0.470. The molecule has 0 unspecified atom stereocenters. The zero-order valence-corrected chi connectivity index (χ0v) is 11.3. The van der Waals surface area contributed by atoms with Crippen molar-refractivity contribution in [3.63, 3.8) is 0 Å². The molecule has 100 valence electrons. The summed E-state index contributed by atoms with van der Waals surface area (Å²) in [6, 6.07) is 10.3. The molecule has 3 rings (SSSR count). The van der Waals surface area contributed by atoms with Gasteiger partial charge in [0.2, 0.25) is 5.43 Å². The highest BCUT2D eigenvalue weighted by Crippen LogP contribution is 2.30. The molecule has 1 aromatic heterocycles. The molecule has 0 radical (unpaired) electrons. The number of hydrogen-bond donors (Lipinski definition) is 0. The summed E-state index contributed by atoms with van der Waals surface area (Å²) in [6.07, 6.45) is 1.62. The lowest BCUT2D eigenvalue weighted by Crippen LogP contribution is -2.02. The molecule has 4 heteroatoms. The molecule has 0 aliphatic rings. The molecule has 0 saturated carbocycles. The first-order valence-electron chi connectivity index (χ1n) is 6.09. The van der Waals surface area contributed by atoms with Gasteiger partial charge in [-0.05, 0) is 18.2 Å². The molecular weight excluding hydrogens is 276 g/mol. The van der Waals surface area contributed by atoms with Gasteiger partial charge < -0.3 is 9.15 Å². The van der Waals surface area contributed by atoms with Crippen molar-refractivity contribution in [2.75, 3.05) is 6.61 Å². The van der Waals surface area contributed by atoms with Crippen LogP contribution in [0.1, 0.15) is 0 Å². The van der Waals surface area contributed by atoms with E-state index in [-0.39, 0.29) is 5.43 Å². The third-order valence-corrected chi connectivity index (χ3v) is 3.28. The van der Waals surface area contributed by atoms with Crippen LogP contribution in [-0.2, 0) is 0 Å². The van der Waals surface area contributed by atoms with E-state index < -0.39 is 0 Å². The number of halogens is 1. The van der Waals surface area contributed by atoms with E-state index >= 15 is 0 Å². The Bertz CT molecular complexity index is 865. The van der Waals surface area contributed by atoms with Crippen LogP contribution < -0.4 is 10.2 Å². The average Bonchev–Trinajstić information content (AvgIpc) is 2.46. The topological polar surface area (TPSA) is 39.4 Å². The van der Waals surface area contributed by atoms with Crippen molar-refractivity contribution >= 4 is 33.5 Å². The first-order valence-corrected chi connectivity index (χ1v) is 6.47. The lowest BCUT2D eigenvalue weighted by molar-refractivity contribution is 0.363. The highest BCUT2D eigenvalue weighted by atomic mass is 35.5. The Balaban J connectivity index is 2.31. The van der Waals surface area contributed by atoms with Crippen LogP contribution in [0.2, 0.25) is 5.02 Å². The van der Waals surface area contributed by atoms with Gasteiger partial charge in [-0.25, -0.2) is 0 Å². The molecule has 0 bridgehead atoms. The Labute approximate surface area is 120 Å². The summed E-state index contributed by atoms with van der Waals surface area (Å²) in [4.78, 5) is 12.4. The van der Waals surface area contributed by atoms with Gasteiger partial charge in [0.25, 0.3) is 0 Å². The van der Waals surface area contributed by atoms with Crippen molar-refractivity contribution in [2.45, 2.75) is 0 Å². The van der Waals surface area contributed by atoms with E-state index in [4.69, 9.17) is 20.8 Å².